The van der Waals surface area contributed by atoms with Crippen molar-refractivity contribution in [3.8, 4) is 0 Å². The summed E-state index contributed by atoms with van der Waals surface area (Å²) in [7, 11) is 0. The summed E-state index contributed by atoms with van der Waals surface area (Å²) in [5, 5.41) is 44.8. The highest BCUT2D eigenvalue weighted by molar-refractivity contribution is 5.76. The first-order valence-corrected chi connectivity index (χ1v) is 25.1. The molecule has 5 N–H and O–H groups in total. The molecule has 1 fully saturated rings. The molecule has 0 radical (unpaired) electrons. The summed E-state index contributed by atoms with van der Waals surface area (Å²) in [6.07, 6.45) is 40.0. The lowest BCUT2D eigenvalue weighted by atomic mass is 10.00. The van der Waals surface area contributed by atoms with Crippen LogP contribution in [0.4, 0.5) is 0 Å². The van der Waals surface area contributed by atoms with Gasteiger partial charge in [-0.25, -0.2) is 0 Å². The molecule has 0 spiro atoms. The van der Waals surface area contributed by atoms with E-state index < -0.39 is 42.9 Å². The highest BCUT2D eigenvalue weighted by atomic mass is 16.7. The van der Waals surface area contributed by atoms with Crippen LogP contribution in [0.5, 0.6) is 0 Å². The highest BCUT2D eigenvalue weighted by Gasteiger charge is 2.42. The summed E-state index contributed by atoms with van der Waals surface area (Å²) in [4.78, 5) is 13.0. The third kappa shape index (κ3) is 30.8. The van der Waals surface area contributed by atoms with Crippen LogP contribution in [0.1, 0.15) is 258 Å². The maximum Gasteiger partial charge on any atom is 0.220 e. The molecule has 0 aliphatic carbocycles. The van der Waals surface area contributed by atoms with Crippen LogP contribution >= 0.6 is 0 Å². The van der Waals surface area contributed by atoms with Gasteiger partial charge in [0, 0.05) is 6.42 Å². The van der Waals surface area contributed by atoms with Gasteiger partial charge in [-0.15, -0.1) is 0 Å². The fraction of sp³-hybridized carbons (Fsp3) is 0.980. The van der Waals surface area contributed by atoms with Crippen molar-refractivity contribution in [1.29, 1.82) is 0 Å². The Bertz CT molecular complexity index is 862. The molecule has 1 aliphatic heterocycles. The predicted molar refractivity (Wildman–Crippen MR) is 238 cm³/mol. The molecule has 340 valence electrons. The van der Waals surface area contributed by atoms with Gasteiger partial charge in [0.25, 0.3) is 0 Å². The number of unbranched alkanes of at least 4 members (excludes halogenated alkanes) is 33. The molecular weight excluding hydrogens is 715 g/mol. The minimum Gasteiger partial charge on any atom is -0.391 e. The summed E-state index contributed by atoms with van der Waals surface area (Å²) in [6, 6.07) is -0.648. The molecule has 1 saturated heterocycles. The van der Waals surface area contributed by atoms with E-state index in [4.69, 9.17) is 9.47 Å². The van der Waals surface area contributed by atoms with Crippen LogP contribution in [0.2, 0.25) is 0 Å². The lowest BCUT2D eigenvalue weighted by Crippen LogP contribution is -2.58. The van der Waals surface area contributed by atoms with Gasteiger partial charge >= 0.3 is 0 Å². The van der Waals surface area contributed by atoms with E-state index in [1.54, 1.807) is 6.92 Å². The molecule has 0 aromatic rings. The fourth-order valence-electron chi connectivity index (χ4n) is 8.34. The monoisotopic (exact) mass is 812 g/mol. The number of nitrogens with one attached hydrogen (secondary N) is 1. The van der Waals surface area contributed by atoms with E-state index in [9.17, 15) is 25.2 Å². The van der Waals surface area contributed by atoms with Crippen molar-refractivity contribution in [2.75, 3.05) is 6.61 Å². The number of carbonyl (C=O) groups is 1. The SMILES string of the molecule is CCCCCCCCCCCCCCCCCCCCCCCCCC(=O)N[C@H](COC1O[C@H](C)[C@H](O)[C@H](O)[C@H]1O)[C@H](O)CCCCCCCCCCCCCC. The Balaban J connectivity index is 2.17. The standard InChI is InChI=1S/C49H97NO7/c1-4-6-8-10-12-14-16-18-19-20-21-22-23-24-25-26-27-28-30-32-34-36-38-40-45(52)50-43(41-56-49-48(55)47(54)46(53)42(3)57-49)44(51)39-37-35-33-31-29-17-15-13-11-9-7-5-2/h42-44,46-49,51,53-55H,4-41H2,1-3H3,(H,50,52)/t42-,43-,44-,46+,47+,48-,49?/m1/s1. The molecule has 0 aromatic carbocycles. The average Bonchev–Trinajstić information content (AvgIpc) is 3.20. The number of aliphatic hydroxyl groups excluding tert-OH is 4. The number of amides is 1. The van der Waals surface area contributed by atoms with Gasteiger partial charge in [0.2, 0.25) is 5.91 Å². The molecule has 1 rings (SSSR count). The molecule has 8 heteroatoms. The van der Waals surface area contributed by atoms with E-state index in [1.165, 1.54) is 186 Å². The predicted octanol–water partition coefficient (Wildman–Crippen LogP) is 12.1. The van der Waals surface area contributed by atoms with E-state index in [-0.39, 0.29) is 12.5 Å². The lowest BCUT2D eigenvalue weighted by molar-refractivity contribution is -0.295. The molecule has 0 aromatic heterocycles. The third-order valence-electron chi connectivity index (χ3n) is 12.4. The van der Waals surface area contributed by atoms with Crippen LogP contribution in [-0.2, 0) is 14.3 Å². The van der Waals surface area contributed by atoms with Crippen molar-refractivity contribution < 1.29 is 34.7 Å². The number of hydrogen-bond acceptors (Lipinski definition) is 7. The Labute approximate surface area is 352 Å². The Morgan fingerprint density at radius 3 is 1.21 bits per heavy atom. The van der Waals surface area contributed by atoms with Crippen molar-refractivity contribution in [3.63, 3.8) is 0 Å². The van der Waals surface area contributed by atoms with Gasteiger partial charge < -0.3 is 35.2 Å². The summed E-state index contributed by atoms with van der Waals surface area (Å²) >= 11 is 0. The Kier molecular flexibility index (Phi) is 37.5. The fourth-order valence-corrected chi connectivity index (χ4v) is 8.34. The Hall–Kier alpha value is -0.770. The second-order valence-corrected chi connectivity index (χ2v) is 18.0. The average molecular weight is 812 g/mol. The van der Waals surface area contributed by atoms with Crippen LogP contribution in [-0.4, -0.2) is 75.8 Å². The second kappa shape index (κ2) is 39.4. The molecule has 0 saturated carbocycles. The first-order valence-electron chi connectivity index (χ1n) is 25.1. The topological polar surface area (TPSA) is 128 Å². The normalized spacial score (nSPS) is 20.9. The molecule has 7 atom stereocenters. The molecule has 1 aliphatic rings. The van der Waals surface area contributed by atoms with E-state index in [0.717, 1.165) is 38.5 Å². The van der Waals surface area contributed by atoms with Crippen LogP contribution in [0, 0.1) is 0 Å². The van der Waals surface area contributed by atoms with Crippen molar-refractivity contribution in [3.05, 3.63) is 0 Å². The summed E-state index contributed by atoms with van der Waals surface area (Å²) < 4.78 is 11.4. The van der Waals surface area contributed by atoms with Crippen molar-refractivity contribution in [1.82, 2.24) is 5.32 Å². The number of carbonyl (C=O) groups excluding carboxylic acids is 1. The second-order valence-electron chi connectivity index (χ2n) is 18.0. The maximum atomic E-state index is 13.0. The zero-order chi connectivity index (χ0) is 41.6. The number of rotatable bonds is 42. The van der Waals surface area contributed by atoms with Gasteiger partial charge in [-0.1, -0.05) is 232 Å². The molecule has 1 heterocycles. The lowest BCUT2D eigenvalue weighted by Gasteiger charge is -2.39. The molecule has 1 unspecified atom stereocenters. The van der Waals surface area contributed by atoms with Crippen LogP contribution in [0.15, 0.2) is 0 Å². The summed E-state index contributed by atoms with van der Waals surface area (Å²) in [5.41, 5.74) is 0. The van der Waals surface area contributed by atoms with Crippen LogP contribution < -0.4 is 5.32 Å². The highest BCUT2D eigenvalue weighted by Crippen LogP contribution is 2.23. The maximum absolute atomic E-state index is 13.0. The van der Waals surface area contributed by atoms with Gasteiger partial charge in [0.1, 0.15) is 18.3 Å². The van der Waals surface area contributed by atoms with Gasteiger partial charge in [0.15, 0.2) is 6.29 Å². The summed E-state index contributed by atoms with van der Waals surface area (Å²) in [5.74, 6) is -0.102. The van der Waals surface area contributed by atoms with Crippen LogP contribution in [0.25, 0.3) is 0 Å². The zero-order valence-corrected chi connectivity index (χ0v) is 37.9. The van der Waals surface area contributed by atoms with E-state index in [0.29, 0.717) is 12.8 Å². The molecule has 8 nitrogen and oxygen atoms in total. The Morgan fingerprint density at radius 2 is 0.842 bits per heavy atom. The Morgan fingerprint density at radius 1 is 0.509 bits per heavy atom. The van der Waals surface area contributed by atoms with Crippen molar-refractivity contribution in [2.24, 2.45) is 0 Å². The smallest absolute Gasteiger partial charge is 0.220 e. The minimum absolute atomic E-state index is 0.0537. The van der Waals surface area contributed by atoms with Crippen molar-refractivity contribution in [2.45, 2.75) is 301 Å². The van der Waals surface area contributed by atoms with Gasteiger partial charge in [0.05, 0.1) is 24.9 Å². The molecule has 1 amide bonds. The van der Waals surface area contributed by atoms with Gasteiger partial charge in [-0.3, -0.25) is 4.79 Å². The number of hydrogen-bond donors (Lipinski definition) is 5. The first kappa shape index (κ1) is 54.2. The van der Waals surface area contributed by atoms with Crippen LogP contribution in [0.3, 0.4) is 0 Å². The molecular formula is C49H97NO7. The quantitative estimate of drug-likeness (QED) is 0.0388. The van der Waals surface area contributed by atoms with Gasteiger partial charge in [-0.2, -0.15) is 0 Å². The largest absolute Gasteiger partial charge is 0.391 e. The first-order chi connectivity index (χ1) is 27.8. The van der Waals surface area contributed by atoms with E-state index in [1.807, 2.05) is 0 Å². The van der Waals surface area contributed by atoms with Crippen molar-refractivity contribution >= 4 is 5.91 Å². The molecule has 0 bridgehead atoms. The third-order valence-corrected chi connectivity index (χ3v) is 12.4. The van der Waals surface area contributed by atoms with E-state index in [2.05, 4.69) is 19.2 Å². The number of ether oxygens (including phenoxy) is 2. The van der Waals surface area contributed by atoms with E-state index >= 15 is 0 Å². The zero-order valence-electron chi connectivity index (χ0n) is 37.9. The molecule has 57 heavy (non-hydrogen) atoms. The number of aliphatic hydroxyl groups is 4. The summed E-state index contributed by atoms with van der Waals surface area (Å²) in [6.45, 7) is 6.10. The van der Waals surface area contributed by atoms with Gasteiger partial charge in [-0.05, 0) is 19.8 Å². The minimum atomic E-state index is -1.42.